The molecule has 1 unspecified atom stereocenters. The van der Waals surface area contributed by atoms with Gasteiger partial charge in [0.25, 0.3) is 5.91 Å². The molecule has 0 saturated heterocycles. The lowest BCUT2D eigenvalue weighted by atomic mass is 10.1. The highest BCUT2D eigenvalue weighted by Gasteiger charge is 2.16. The van der Waals surface area contributed by atoms with E-state index in [9.17, 15) is 14.4 Å². The zero-order chi connectivity index (χ0) is 17.8. The Morgan fingerprint density at radius 3 is 2.80 bits per heavy atom. The third-order valence-corrected chi connectivity index (χ3v) is 4.71. The Hall–Kier alpha value is -2.93. The number of esters is 1. The van der Waals surface area contributed by atoms with Crippen molar-refractivity contribution in [2.24, 2.45) is 0 Å². The molecule has 0 aliphatic carbocycles. The lowest BCUT2D eigenvalue weighted by Crippen LogP contribution is -2.31. The number of rotatable bonds is 5. The standard InChI is InChI=1S/C18H16N2O4S/c1-11(15-7-4-8-25-15)19-17(22)10-24-18(23)13-9-16(21)20-14-6-3-2-5-12(13)14/h2-9,11H,10H2,1H3,(H,19,22)(H,20,21). The maximum absolute atomic E-state index is 12.3. The number of aromatic amines is 1. The molecule has 0 aliphatic rings. The molecule has 25 heavy (non-hydrogen) atoms. The first-order valence-corrected chi connectivity index (χ1v) is 8.54. The van der Waals surface area contributed by atoms with E-state index in [-0.39, 0.29) is 11.6 Å². The van der Waals surface area contributed by atoms with E-state index in [4.69, 9.17) is 4.74 Å². The van der Waals surface area contributed by atoms with E-state index in [1.807, 2.05) is 24.4 Å². The van der Waals surface area contributed by atoms with E-state index >= 15 is 0 Å². The first kappa shape index (κ1) is 16.9. The molecule has 0 saturated carbocycles. The van der Waals surface area contributed by atoms with Crippen molar-refractivity contribution < 1.29 is 14.3 Å². The molecule has 0 radical (unpaired) electrons. The summed E-state index contributed by atoms with van der Waals surface area (Å²) in [4.78, 5) is 39.6. The van der Waals surface area contributed by atoms with Crippen molar-refractivity contribution >= 4 is 34.1 Å². The first-order valence-electron chi connectivity index (χ1n) is 7.66. The third-order valence-electron chi connectivity index (χ3n) is 3.65. The van der Waals surface area contributed by atoms with Crippen LogP contribution >= 0.6 is 11.3 Å². The fraction of sp³-hybridized carbons (Fsp3) is 0.167. The van der Waals surface area contributed by atoms with Gasteiger partial charge in [0.2, 0.25) is 5.56 Å². The summed E-state index contributed by atoms with van der Waals surface area (Å²) in [5.74, 6) is -1.11. The molecule has 2 aromatic heterocycles. The van der Waals surface area contributed by atoms with Gasteiger partial charge in [-0.3, -0.25) is 9.59 Å². The van der Waals surface area contributed by atoms with Crippen LogP contribution in [0.3, 0.4) is 0 Å². The molecule has 3 rings (SSSR count). The van der Waals surface area contributed by atoms with Crippen LogP contribution in [0.4, 0.5) is 0 Å². The lowest BCUT2D eigenvalue weighted by molar-refractivity contribution is -0.124. The number of para-hydroxylation sites is 1. The highest BCUT2D eigenvalue weighted by atomic mass is 32.1. The summed E-state index contributed by atoms with van der Waals surface area (Å²) in [5, 5.41) is 5.26. The Labute approximate surface area is 147 Å². The van der Waals surface area contributed by atoms with Gasteiger partial charge in [0.15, 0.2) is 6.61 Å². The monoisotopic (exact) mass is 356 g/mol. The number of pyridine rings is 1. The summed E-state index contributed by atoms with van der Waals surface area (Å²) >= 11 is 1.54. The molecular formula is C18H16N2O4S. The summed E-state index contributed by atoms with van der Waals surface area (Å²) in [6.45, 7) is 1.45. The second-order valence-electron chi connectivity index (χ2n) is 5.47. The van der Waals surface area contributed by atoms with Gasteiger partial charge in [-0.15, -0.1) is 11.3 Å². The second-order valence-corrected chi connectivity index (χ2v) is 6.45. The molecule has 2 heterocycles. The molecule has 0 fully saturated rings. The van der Waals surface area contributed by atoms with E-state index in [0.29, 0.717) is 10.9 Å². The molecule has 1 aromatic carbocycles. The van der Waals surface area contributed by atoms with Crippen molar-refractivity contribution in [3.8, 4) is 0 Å². The van der Waals surface area contributed by atoms with E-state index in [2.05, 4.69) is 10.3 Å². The van der Waals surface area contributed by atoms with E-state index < -0.39 is 24.0 Å². The summed E-state index contributed by atoms with van der Waals surface area (Å²) in [5.41, 5.74) is 0.276. The fourth-order valence-corrected chi connectivity index (χ4v) is 3.21. The van der Waals surface area contributed by atoms with Crippen LogP contribution < -0.4 is 10.9 Å². The average molecular weight is 356 g/mol. The molecule has 0 aliphatic heterocycles. The maximum Gasteiger partial charge on any atom is 0.339 e. The number of hydrogen-bond acceptors (Lipinski definition) is 5. The van der Waals surface area contributed by atoms with Crippen LogP contribution in [0.1, 0.15) is 28.2 Å². The number of carbonyl (C=O) groups excluding carboxylic acids is 2. The van der Waals surface area contributed by atoms with Gasteiger partial charge in [-0.2, -0.15) is 0 Å². The van der Waals surface area contributed by atoms with Gasteiger partial charge in [-0.1, -0.05) is 24.3 Å². The summed E-state index contributed by atoms with van der Waals surface area (Å²) in [7, 11) is 0. The SMILES string of the molecule is CC(NC(=O)COC(=O)c1cc(=O)[nH]c2ccccc12)c1cccs1. The summed E-state index contributed by atoms with van der Waals surface area (Å²) in [6, 6.07) is 11.8. The molecule has 0 bridgehead atoms. The quantitative estimate of drug-likeness (QED) is 0.688. The van der Waals surface area contributed by atoms with E-state index in [0.717, 1.165) is 4.88 Å². The lowest BCUT2D eigenvalue weighted by Gasteiger charge is -2.12. The number of hydrogen-bond donors (Lipinski definition) is 2. The van der Waals surface area contributed by atoms with Crippen LogP contribution in [-0.2, 0) is 9.53 Å². The molecule has 2 N–H and O–H groups in total. The van der Waals surface area contributed by atoms with Crippen molar-refractivity contribution in [1.29, 1.82) is 0 Å². The van der Waals surface area contributed by atoms with E-state index in [1.165, 1.54) is 17.4 Å². The number of amides is 1. The van der Waals surface area contributed by atoms with Crippen molar-refractivity contribution in [1.82, 2.24) is 10.3 Å². The van der Waals surface area contributed by atoms with Gasteiger partial charge in [0.1, 0.15) is 0 Å². The van der Waals surface area contributed by atoms with Crippen molar-refractivity contribution in [3.05, 3.63) is 68.6 Å². The smallest absolute Gasteiger partial charge is 0.339 e. The number of ether oxygens (including phenoxy) is 1. The van der Waals surface area contributed by atoms with Gasteiger partial charge in [0, 0.05) is 21.8 Å². The zero-order valence-electron chi connectivity index (χ0n) is 13.4. The molecule has 0 spiro atoms. The van der Waals surface area contributed by atoms with Crippen molar-refractivity contribution in [2.75, 3.05) is 6.61 Å². The van der Waals surface area contributed by atoms with Crippen LogP contribution in [0.25, 0.3) is 10.9 Å². The van der Waals surface area contributed by atoms with Crippen LogP contribution in [0.2, 0.25) is 0 Å². The molecular weight excluding hydrogens is 340 g/mol. The number of carbonyl (C=O) groups is 2. The van der Waals surface area contributed by atoms with Crippen molar-refractivity contribution in [3.63, 3.8) is 0 Å². The minimum atomic E-state index is -0.707. The maximum atomic E-state index is 12.3. The van der Waals surface area contributed by atoms with Crippen LogP contribution in [0.5, 0.6) is 0 Å². The third kappa shape index (κ3) is 3.95. The van der Waals surface area contributed by atoms with E-state index in [1.54, 1.807) is 24.3 Å². The largest absolute Gasteiger partial charge is 0.452 e. The van der Waals surface area contributed by atoms with Gasteiger partial charge in [-0.05, 0) is 24.4 Å². The Kier molecular flexibility index (Phi) is 4.95. The van der Waals surface area contributed by atoms with Crippen LogP contribution in [-0.4, -0.2) is 23.5 Å². The van der Waals surface area contributed by atoms with Gasteiger partial charge >= 0.3 is 5.97 Å². The number of fused-ring (bicyclic) bond motifs is 1. The van der Waals surface area contributed by atoms with Gasteiger partial charge in [-0.25, -0.2) is 4.79 Å². The van der Waals surface area contributed by atoms with Crippen molar-refractivity contribution in [2.45, 2.75) is 13.0 Å². The highest BCUT2D eigenvalue weighted by Crippen LogP contribution is 2.18. The Bertz CT molecular complexity index is 963. The van der Waals surface area contributed by atoms with Crippen LogP contribution in [0.15, 0.2) is 52.6 Å². The normalized spacial score (nSPS) is 11.9. The molecule has 1 amide bonds. The molecule has 1 atom stereocenters. The predicted octanol–water partition coefficient (Wildman–Crippen LogP) is 2.62. The molecule has 128 valence electrons. The topological polar surface area (TPSA) is 88.3 Å². The number of benzene rings is 1. The first-order chi connectivity index (χ1) is 12.0. The fourth-order valence-electron chi connectivity index (χ4n) is 2.47. The number of thiophene rings is 1. The number of nitrogens with one attached hydrogen (secondary N) is 2. The molecule has 7 heteroatoms. The van der Waals surface area contributed by atoms with Crippen LogP contribution in [0, 0.1) is 0 Å². The average Bonchev–Trinajstić information content (AvgIpc) is 3.13. The van der Waals surface area contributed by atoms with Gasteiger partial charge < -0.3 is 15.0 Å². The number of aromatic nitrogens is 1. The predicted molar refractivity (Wildman–Crippen MR) is 95.7 cm³/mol. The molecule has 6 nitrogen and oxygen atoms in total. The molecule has 3 aromatic rings. The minimum absolute atomic E-state index is 0.137. The number of H-pyrrole nitrogens is 1. The Morgan fingerprint density at radius 2 is 2.04 bits per heavy atom. The summed E-state index contributed by atoms with van der Waals surface area (Å²) in [6.07, 6.45) is 0. The second kappa shape index (κ2) is 7.31. The highest BCUT2D eigenvalue weighted by molar-refractivity contribution is 7.10. The minimum Gasteiger partial charge on any atom is -0.452 e. The Balaban J connectivity index is 1.67. The Morgan fingerprint density at radius 1 is 1.24 bits per heavy atom. The van der Waals surface area contributed by atoms with Gasteiger partial charge in [0.05, 0.1) is 11.6 Å². The summed E-state index contributed by atoms with van der Waals surface area (Å²) < 4.78 is 5.07. The zero-order valence-corrected chi connectivity index (χ0v) is 14.3.